The molecule has 186 valence electrons. The van der Waals surface area contributed by atoms with Gasteiger partial charge in [0.2, 0.25) is 0 Å². The molecule has 0 fully saturated rings. The summed E-state index contributed by atoms with van der Waals surface area (Å²) >= 11 is 1.85. The van der Waals surface area contributed by atoms with Crippen LogP contribution >= 0.6 is 11.3 Å². The summed E-state index contributed by atoms with van der Waals surface area (Å²) in [6, 6.07) is 48.4. The van der Waals surface area contributed by atoms with Gasteiger partial charge in [-0.15, -0.1) is 11.3 Å². The van der Waals surface area contributed by atoms with Crippen LogP contribution in [-0.4, -0.2) is 0 Å². The number of para-hydroxylation sites is 1. The molecule has 2 heterocycles. The molecule has 2 heteroatoms. The summed E-state index contributed by atoms with van der Waals surface area (Å²) in [7, 11) is 0. The van der Waals surface area contributed by atoms with E-state index >= 15 is 0 Å². The van der Waals surface area contributed by atoms with Gasteiger partial charge in [-0.1, -0.05) is 109 Å². The van der Waals surface area contributed by atoms with Crippen molar-refractivity contribution in [1.29, 1.82) is 0 Å². The quantitative estimate of drug-likeness (QED) is 0.204. The zero-order valence-electron chi connectivity index (χ0n) is 21.5. The van der Waals surface area contributed by atoms with Crippen molar-refractivity contribution in [3.8, 4) is 21.6 Å². The minimum Gasteiger partial charge on any atom is -0.456 e. The first-order valence-electron chi connectivity index (χ1n) is 13.6. The minimum absolute atomic E-state index is 0.941. The second-order valence-electron chi connectivity index (χ2n) is 10.5. The molecule has 0 unspecified atom stereocenters. The smallest absolute Gasteiger partial charge is 0.136 e. The van der Waals surface area contributed by atoms with Crippen LogP contribution in [0.1, 0.15) is 0 Å². The summed E-state index contributed by atoms with van der Waals surface area (Å²) in [5.74, 6) is 0. The first-order chi connectivity index (χ1) is 19.8. The van der Waals surface area contributed by atoms with Crippen LogP contribution in [0, 0.1) is 0 Å². The van der Waals surface area contributed by atoms with Gasteiger partial charge in [0, 0.05) is 25.9 Å². The molecule has 0 aliphatic rings. The van der Waals surface area contributed by atoms with Crippen molar-refractivity contribution < 1.29 is 4.42 Å². The predicted molar refractivity (Wildman–Crippen MR) is 172 cm³/mol. The molecule has 2 aromatic heterocycles. The van der Waals surface area contributed by atoms with Gasteiger partial charge in [-0.3, -0.25) is 0 Å². The lowest BCUT2D eigenvalue weighted by atomic mass is 9.86. The highest BCUT2D eigenvalue weighted by Crippen LogP contribution is 2.48. The van der Waals surface area contributed by atoms with E-state index in [2.05, 4.69) is 121 Å². The molecule has 40 heavy (non-hydrogen) atoms. The third-order valence-electron chi connectivity index (χ3n) is 8.25. The summed E-state index contributed by atoms with van der Waals surface area (Å²) in [5, 5.41) is 11.3. The van der Waals surface area contributed by atoms with Crippen molar-refractivity contribution in [3.63, 3.8) is 0 Å². The van der Waals surface area contributed by atoms with Crippen molar-refractivity contribution in [2.45, 2.75) is 0 Å². The second kappa shape index (κ2) is 8.29. The summed E-state index contributed by atoms with van der Waals surface area (Å²) in [6.07, 6.45) is 0. The molecule has 0 aliphatic heterocycles. The van der Waals surface area contributed by atoms with Crippen LogP contribution in [0.4, 0.5) is 0 Å². The Labute approximate surface area is 234 Å². The molecule has 9 rings (SSSR count). The Kier molecular flexibility index (Phi) is 4.55. The van der Waals surface area contributed by atoms with Gasteiger partial charge in [-0.25, -0.2) is 0 Å². The zero-order chi connectivity index (χ0) is 26.2. The summed E-state index contributed by atoms with van der Waals surface area (Å²) in [5.41, 5.74) is 5.77. The molecule has 0 saturated carbocycles. The number of hydrogen-bond donors (Lipinski definition) is 0. The highest BCUT2D eigenvalue weighted by Gasteiger charge is 2.19. The maximum Gasteiger partial charge on any atom is 0.136 e. The van der Waals surface area contributed by atoms with Crippen LogP contribution in [0.5, 0.6) is 0 Å². The molecular formula is C38H22OS. The molecule has 0 amide bonds. The Hall–Kier alpha value is -4.92. The third-order valence-corrected chi connectivity index (χ3v) is 9.37. The van der Waals surface area contributed by atoms with E-state index in [9.17, 15) is 0 Å². The molecule has 0 atom stereocenters. The normalized spacial score (nSPS) is 12.0. The Morgan fingerprint density at radius 2 is 1.00 bits per heavy atom. The van der Waals surface area contributed by atoms with Gasteiger partial charge in [0.1, 0.15) is 11.2 Å². The van der Waals surface area contributed by atoms with Crippen molar-refractivity contribution in [2.75, 3.05) is 0 Å². The van der Waals surface area contributed by atoms with Gasteiger partial charge < -0.3 is 4.42 Å². The number of fused-ring (bicyclic) bond motifs is 7. The van der Waals surface area contributed by atoms with Crippen LogP contribution in [0.25, 0.3) is 85.9 Å². The fourth-order valence-electron chi connectivity index (χ4n) is 6.51. The van der Waals surface area contributed by atoms with Crippen molar-refractivity contribution in [2.24, 2.45) is 0 Å². The number of benzene rings is 7. The summed E-state index contributed by atoms with van der Waals surface area (Å²) in [6.45, 7) is 0. The summed E-state index contributed by atoms with van der Waals surface area (Å²) in [4.78, 5) is 1.28. The number of rotatable bonds is 2. The highest BCUT2D eigenvalue weighted by molar-refractivity contribution is 7.22. The summed E-state index contributed by atoms with van der Waals surface area (Å²) < 4.78 is 7.47. The predicted octanol–water partition coefficient (Wildman–Crippen LogP) is 11.6. The largest absolute Gasteiger partial charge is 0.456 e. The molecule has 0 N–H and O–H groups in total. The number of thiophene rings is 1. The molecule has 0 bridgehead atoms. The Morgan fingerprint density at radius 3 is 1.75 bits per heavy atom. The first-order valence-corrected chi connectivity index (χ1v) is 14.4. The van der Waals surface area contributed by atoms with Gasteiger partial charge in [-0.2, -0.15) is 0 Å². The lowest BCUT2D eigenvalue weighted by molar-refractivity contribution is 0.669. The van der Waals surface area contributed by atoms with E-state index in [1.54, 1.807) is 0 Å². The van der Waals surface area contributed by atoms with Crippen LogP contribution in [-0.2, 0) is 0 Å². The number of hydrogen-bond acceptors (Lipinski definition) is 2. The fourth-order valence-corrected chi connectivity index (χ4v) is 7.66. The van der Waals surface area contributed by atoms with E-state index in [-0.39, 0.29) is 0 Å². The average Bonchev–Trinajstić information content (AvgIpc) is 3.58. The van der Waals surface area contributed by atoms with Crippen LogP contribution in [0.3, 0.4) is 0 Å². The Balaban J connectivity index is 1.38. The Bertz CT molecular complexity index is 2380. The Morgan fingerprint density at radius 1 is 0.400 bits per heavy atom. The second-order valence-corrected chi connectivity index (χ2v) is 11.5. The molecule has 9 aromatic rings. The highest BCUT2D eigenvalue weighted by atomic mass is 32.1. The molecule has 7 aromatic carbocycles. The van der Waals surface area contributed by atoms with Gasteiger partial charge in [0.25, 0.3) is 0 Å². The standard InChI is InChI=1S/C38H22OS/c1-2-12-25-23(10-1)11-9-18-27(25)37-28-14-3-5-16-30(28)38(31-17-6-4-15-29(31)37)36-21-24-20-32-26-13-7-8-19-33(26)39-34(32)22-35(24)40-36/h1-22H. The van der Waals surface area contributed by atoms with Crippen molar-refractivity contribution in [1.82, 2.24) is 0 Å². The molecule has 0 spiro atoms. The van der Waals surface area contributed by atoms with Gasteiger partial charge in [-0.05, 0) is 73.1 Å². The first kappa shape index (κ1) is 22.0. The SMILES string of the molecule is c1ccc2c(-c3c4ccccc4c(-c4cc5cc6c(cc5s4)oc4ccccc46)c4ccccc34)cccc2c1. The minimum atomic E-state index is 0.941. The van der Waals surface area contributed by atoms with Gasteiger partial charge in [0.05, 0.1) is 0 Å². The van der Waals surface area contributed by atoms with E-state index in [4.69, 9.17) is 4.42 Å². The van der Waals surface area contributed by atoms with Crippen LogP contribution in [0.2, 0.25) is 0 Å². The third kappa shape index (κ3) is 3.08. The average molecular weight is 527 g/mol. The van der Waals surface area contributed by atoms with Crippen LogP contribution in [0.15, 0.2) is 138 Å². The fraction of sp³-hybridized carbons (Fsp3) is 0. The van der Waals surface area contributed by atoms with E-state index in [0.717, 1.165) is 11.2 Å². The van der Waals surface area contributed by atoms with Gasteiger partial charge in [0.15, 0.2) is 0 Å². The topological polar surface area (TPSA) is 13.1 Å². The molecular weight excluding hydrogens is 504 g/mol. The van der Waals surface area contributed by atoms with Crippen molar-refractivity contribution in [3.05, 3.63) is 133 Å². The number of furan rings is 1. The van der Waals surface area contributed by atoms with E-state index in [0.29, 0.717) is 0 Å². The lowest BCUT2D eigenvalue weighted by Crippen LogP contribution is -1.90. The maximum absolute atomic E-state index is 6.22. The van der Waals surface area contributed by atoms with E-state index < -0.39 is 0 Å². The van der Waals surface area contributed by atoms with E-state index in [1.807, 2.05) is 23.5 Å². The zero-order valence-corrected chi connectivity index (χ0v) is 22.3. The maximum atomic E-state index is 6.22. The van der Waals surface area contributed by atoms with Crippen LogP contribution < -0.4 is 0 Å². The molecule has 0 aliphatic carbocycles. The molecule has 0 saturated heterocycles. The van der Waals surface area contributed by atoms with Gasteiger partial charge >= 0.3 is 0 Å². The van der Waals surface area contributed by atoms with E-state index in [1.165, 1.54) is 74.7 Å². The molecule has 1 nitrogen and oxygen atoms in total. The monoisotopic (exact) mass is 526 g/mol. The molecule has 0 radical (unpaired) electrons. The lowest BCUT2D eigenvalue weighted by Gasteiger charge is -2.18. The van der Waals surface area contributed by atoms with Crippen molar-refractivity contribution >= 4 is 75.7 Å².